The molecular formula is C22H32N2O4S. The maximum atomic E-state index is 13.0. The minimum absolute atomic E-state index is 0.00772. The fourth-order valence-electron chi connectivity index (χ4n) is 4.19. The number of carbonyl (C=O) groups is 1. The van der Waals surface area contributed by atoms with Crippen LogP contribution in [-0.4, -0.2) is 56.3 Å². The Morgan fingerprint density at radius 2 is 1.72 bits per heavy atom. The van der Waals surface area contributed by atoms with Crippen LogP contribution < -0.4 is 4.74 Å². The molecule has 0 radical (unpaired) electrons. The highest BCUT2D eigenvalue weighted by Crippen LogP contribution is 2.60. The van der Waals surface area contributed by atoms with Crippen molar-refractivity contribution in [3.63, 3.8) is 0 Å². The van der Waals surface area contributed by atoms with E-state index in [2.05, 4.69) is 33.8 Å². The predicted molar refractivity (Wildman–Crippen MR) is 113 cm³/mol. The highest BCUT2D eigenvalue weighted by molar-refractivity contribution is 7.89. The average Bonchev–Trinajstić information content (AvgIpc) is 3.21. The molecule has 1 amide bonds. The van der Waals surface area contributed by atoms with Crippen molar-refractivity contribution in [1.82, 2.24) is 9.21 Å². The second-order valence-corrected chi connectivity index (χ2v) is 10.6. The van der Waals surface area contributed by atoms with Crippen molar-refractivity contribution in [2.75, 3.05) is 32.8 Å². The molecule has 1 heterocycles. The number of nitrogens with zero attached hydrogens (tertiary/aromatic N) is 2. The number of allylic oxidation sites excluding steroid dienone is 2. The quantitative estimate of drug-likeness (QED) is 0.663. The van der Waals surface area contributed by atoms with Crippen LogP contribution in [0.2, 0.25) is 0 Å². The summed E-state index contributed by atoms with van der Waals surface area (Å²) in [5.41, 5.74) is 1.20. The molecule has 1 aromatic rings. The van der Waals surface area contributed by atoms with Crippen LogP contribution in [0.1, 0.15) is 34.6 Å². The zero-order chi connectivity index (χ0) is 21.4. The van der Waals surface area contributed by atoms with E-state index in [-0.39, 0.29) is 28.1 Å². The Kier molecular flexibility index (Phi) is 6.11. The van der Waals surface area contributed by atoms with E-state index in [1.807, 2.05) is 11.8 Å². The molecule has 1 aromatic carbocycles. The van der Waals surface area contributed by atoms with Gasteiger partial charge in [0.25, 0.3) is 0 Å². The first-order valence-electron chi connectivity index (χ1n) is 10.3. The summed E-state index contributed by atoms with van der Waals surface area (Å²) in [6, 6.07) is 6.51. The summed E-state index contributed by atoms with van der Waals surface area (Å²) in [7, 11) is -3.57. The molecule has 0 aromatic heterocycles. The molecule has 0 N–H and O–H groups in total. The first-order chi connectivity index (χ1) is 13.6. The molecule has 7 heteroatoms. The van der Waals surface area contributed by atoms with Gasteiger partial charge in [-0.3, -0.25) is 4.79 Å². The molecule has 29 heavy (non-hydrogen) atoms. The maximum Gasteiger partial charge on any atom is 0.243 e. The normalized spacial score (nSPS) is 24.1. The first kappa shape index (κ1) is 21.8. The lowest BCUT2D eigenvalue weighted by atomic mass is 10.1. The second-order valence-electron chi connectivity index (χ2n) is 8.70. The van der Waals surface area contributed by atoms with Crippen LogP contribution in [0.15, 0.2) is 40.8 Å². The first-order valence-corrected chi connectivity index (χ1v) is 11.7. The van der Waals surface area contributed by atoms with Gasteiger partial charge < -0.3 is 9.64 Å². The molecule has 1 aliphatic heterocycles. The van der Waals surface area contributed by atoms with Crippen LogP contribution in [0.3, 0.4) is 0 Å². The molecule has 1 saturated carbocycles. The van der Waals surface area contributed by atoms with Gasteiger partial charge in [0.15, 0.2) is 0 Å². The monoisotopic (exact) mass is 420 g/mol. The highest BCUT2D eigenvalue weighted by Gasteiger charge is 2.61. The lowest BCUT2D eigenvalue weighted by Gasteiger charge is -2.34. The number of carbonyl (C=O) groups excluding carboxylic acids is 1. The summed E-state index contributed by atoms with van der Waals surface area (Å²) in [5, 5.41) is 0. The Labute approximate surface area is 174 Å². The third-order valence-electron chi connectivity index (χ3n) is 6.01. The van der Waals surface area contributed by atoms with E-state index < -0.39 is 10.0 Å². The van der Waals surface area contributed by atoms with Gasteiger partial charge in [-0.15, -0.1) is 0 Å². The van der Waals surface area contributed by atoms with Crippen molar-refractivity contribution in [3.8, 4) is 5.75 Å². The fraction of sp³-hybridized carbons (Fsp3) is 0.591. The largest absolute Gasteiger partial charge is 0.494 e. The Balaban J connectivity index is 1.63. The topological polar surface area (TPSA) is 66.9 Å². The van der Waals surface area contributed by atoms with Gasteiger partial charge >= 0.3 is 0 Å². The van der Waals surface area contributed by atoms with Crippen molar-refractivity contribution < 1.29 is 17.9 Å². The van der Waals surface area contributed by atoms with Crippen LogP contribution in [-0.2, 0) is 14.8 Å². The van der Waals surface area contributed by atoms with Crippen molar-refractivity contribution in [2.24, 2.45) is 17.3 Å². The van der Waals surface area contributed by atoms with Gasteiger partial charge in [-0.1, -0.05) is 25.5 Å². The van der Waals surface area contributed by atoms with Crippen molar-refractivity contribution in [2.45, 2.75) is 39.5 Å². The van der Waals surface area contributed by atoms with Crippen LogP contribution in [0.5, 0.6) is 5.75 Å². The van der Waals surface area contributed by atoms with Crippen LogP contribution in [0, 0.1) is 17.3 Å². The average molecular weight is 421 g/mol. The molecule has 160 valence electrons. The zero-order valence-corrected chi connectivity index (χ0v) is 18.8. The van der Waals surface area contributed by atoms with E-state index in [0.29, 0.717) is 38.5 Å². The van der Waals surface area contributed by atoms with Gasteiger partial charge in [0, 0.05) is 26.2 Å². The Bertz CT molecular complexity index is 878. The van der Waals surface area contributed by atoms with Gasteiger partial charge in [0.2, 0.25) is 15.9 Å². The molecule has 6 nitrogen and oxygen atoms in total. The number of amides is 1. The van der Waals surface area contributed by atoms with Crippen molar-refractivity contribution in [3.05, 3.63) is 35.9 Å². The Hall–Kier alpha value is -1.86. The summed E-state index contributed by atoms with van der Waals surface area (Å²) in [5.74, 6) is 1.06. The van der Waals surface area contributed by atoms with Crippen LogP contribution in [0.25, 0.3) is 0 Å². The minimum Gasteiger partial charge on any atom is -0.494 e. The zero-order valence-electron chi connectivity index (χ0n) is 18.0. The summed E-state index contributed by atoms with van der Waals surface area (Å²) in [6.07, 6.45) is 2.19. The third-order valence-corrected chi connectivity index (χ3v) is 7.93. The molecule has 2 atom stereocenters. The van der Waals surface area contributed by atoms with Crippen LogP contribution in [0.4, 0.5) is 0 Å². The molecule has 0 unspecified atom stereocenters. The van der Waals surface area contributed by atoms with E-state index in [1.54, 1.807) is 24.3 Å². The molecule has 0 spiro atoms. The van der Waals surface area contributed by atoms with E-state index in [1.165, 1.54) is 9.88 Å². The van der Waals surface area contributed by atoms with Gasteiger partial charge in [-0.2, -0.15) is 4.31 Å². The molecule has 2 fully saturated rings. The smallest absolute Gasteiger partial charge is 0.243 e. The third kappa shape index (κ3) is 4.36. The number of ether oxygens (including phenoxy) is 1. The number of piperazine rings is 1. The van der Waals surface area contributed by atoms with Gasteiger partial charge in [0.1, 0.15) is 5.75 Å². The van der Waals surface area contributed by atoms with E-state index >= 15 is 0 Å². The number of rotatable bonds is 6. The Morgan fingerprint density at radius 1 is 1.14 bits per heavy atom. The van der Waals surface area contributed by atoms with Gasteiger partial charge in [-0.25, -0.2) is 8.42 Å². The molecule has 3 rings (SSSR count). The van der Waals surface area contributed by atoms with Gasteiger partial charge in [-0.05, 0) is 56.4 Å². The minimum atomic E-state index is -3.57. The number of sulfonamides is 1. The summed E-state index contributed by atoms with van der Waals surface area (Å²) in [6.45, 7) is 12.3. The summed E-state index contributed by atoms with van der Waals surface area (Å²) < 4.78 is 32.7. The van der Waals surface area contributed by atoms with E-state index in [9.17, 15) is 13.2 Å². The number of hydrogen-bond donors (Lipinski definition) is 0. The summed E-state index contributed by atoms with van der Waals surface area (Å²) >= 11 is 0. The van der Waals surface area contributed by atoms with E-state index in [0.717, 1.165) is 0 Å². The number of benzene rings is 1. The highest BCUT2D eigenvalue weighted by atomic mass is 32.2. The molecule has 1 saturated heterocycles. The van der Waals surface area contributed by atoms with E-state index in [4.69, 9.17) is 4.74 Å². The number of hydrogen-bond acceptors (Lipinski definition) is 4. The molecule has 0 bridgehead atoms. The van der Waals surface area contributed by atoms with Crippen molar-refractivity contribution >= 4 is 15.9 Å². The molecule has 2 aliphatic rings. The van der Waals surface area contributed by atoms with Crippen molar-refractivity contribution in [1.29, 1.82) is 0 Å². The van der Waals surface area contributed by atoms with Crippen LogP contribution >= 0.6 is 0 Å². The SMILES string of the molecule is CCOc1ccc(S(=O)(=O)N2CCN(C(=O)[C@H]3[C@H](C=C(C)C)C3(C)C)CC2)cc1. The molecular weight excluding hydrogens is 388 g/mol. The maximum absolute atomic E-state index is 13.0. The fourth-order valence-corrected chi connectivity index (χ4v) is 5.61. The lowest BCUT2D eigenvalue weighted by Crippen LogP contribution is -2.51. The Morgan fingerprint density at radius 3 is 2.24 bits per heavy atom. The van der Waals surface area contributed by atoms with Gasteiger partial charge in [0.05, 0.1) is 17.4 Å². The lowest BCUT2D eigenvalue weighted by molar-refractivity contribution is -0.134. The predicted octanol–water partition coefficient (Wildman–Crippen LogP) is 3.16. The standard InChI is InChI=1S/C22H32N2O4S/c1-6-28-17-7-9-18(10-8-17)29(26,27)24-13-11-23(12-14-24)21(25)20-19(15-16(2)3)22(20,4)5/h7-10,15,19-20H,6,11-14H2,1-5H3/t19-,20+/m0/s1. The second kappa shape index (κ2) is 8.11. The molecule has 1 aliphatic carbocycles. The summed E-state index contributed by atoms with van der Waals surface area (Å²) in [4.78, 5) is 15.1.